The van der Waals surface area contributed by atoms with Crippen molar-refractivity contribution in [2.75, 3.05) is 12.0 Å². The highest BCUT2D eigenvalue weighted by Gasteiger charge is 2.08. The van der Waals surface area contributed by atoms with E-state index >= 15 is 0 Å². The van der Waals surface area contributed by atoms with E-state index in [9.17, 15) is 4.79 Å². The lowest BCUT2D eigenvalue weighted by Gasteiger charge is -1.98. The molecule has 0 saturated heterocycles. The predicted octanol–water partition coefficient (Wildman–Crippen LogP) is 1.36. The molecule has 3 nitrogen and oxygen atoms in total. The van der Waals surface area contributed by atoms with Gasteiger partial charge in [-0.1, -0.05) is 0 Å². The third-order valence-electron chi connectivity index (χ3n) is 1.64. The van der Waals surface area contributed by atoms with Crippen molar-refractivity contribution in [3.63, 3.8) is 0 Å². The number of hydrogen-bond acceptors (Lipinski definition) is 3. The Labute approximate surface area is 76.1 Å². The summed E-state index contributed by atoms with van der Waals surface area (Å²) in [5.41, 5.74) is 0.698. The summed E-state index contributed by atoms with van der Waals surface area (Å²) in [6.45, 7) is 0. The van der Waals surface area contributed by atoms with Crippen LogP contribution in [0.5, 0.6) is 0 Å². The SMILES string of the molecule is CSCCC(=O)c1ccnn1C. The number of ketones is 1. The molecule has 0 amide bonds. The average Bonchev–Trinajstić information content (AvgIpc) is 2.47. The largest absolute Gasteiger partial charge is 0.292 e. The van der Waals surface area contributed by atoms with Gasteiger partial charge in [-0.3, -0.25) is 9.48 Å². The van der Waals surface area contributed by atoms with Gasteiger partial charge in [0.15, 0.2) is 5.78 Å². The van der Waals surface area contributed by atoms with Crippen molar-refractivity contribution in [3.8, 4) is 0 Å². The fourth-order valence-electron chi connectivity index (χ4n) is 0.970. The van der Waals surface area contributed by atoms with Crippen LogP contribution in [0.3, 0.4) is 0 Å². The van der Waals surface area contributed by atoms with E-state index in [0.29, 0.717) is 12.1 Å². The molecule has 0 saturated carbocycles. The summed E-state index contributed by atoms with van der Waals surface area (Å²) >= 11 is 1.68. The molecule has 0 bridgehead atoms. The van der Waals surface area contributed by atoms with Crippen LogP contribution in [-0.4, -0.2) is 27.6 Å². The minimum Gasteiger partial charge on any atom is -0.292 e. The zero-order valence-electron chi connectivity index (χ0n) is 7.28. The van der Waals surface area contributed by atoms with Gasteiger partial charge in [0.25, 0.3) is 0 Å². The van der Waals surface area contributed by atoms with Gasteiger partial charge in [0.05, 0.1) is 0 Å². The van der Waals surface area contributed by atoms with Crippen molar-refractivity contribution in [1.29, 1.82) is 0 Å². The first-order valence-electron chi connectivity index (χ1n) is 3.76. The van der Waals surface area contributed by atoms with E-state index in [1.54, 1.807) is 35.8 Å². The number of carbonyl (C=O) groups excluding carboxylic acids is 1. The van der Waals surface area contributed by atoms with Crippen molar-refractivity contribution < 1.29 is 4.79 Å². The molecule has 0 aliphatic rings. The predicted molar refractivity (Wildman–Crippen MR) is 50.5 cm³/mol. The zero-order valence-corrected chi connectivity index (χ0v) is 8.10. The molecule has 0 unspecified atom stereocenters. The summed E-state index contributed by atoms with van der Waals surface area (Å²) in [5, 5.41) is 3.93. The summed E-state index contributed by atoms with van der Waals surface area (Å²) in [6, 6.07) is 1.75. The molecule has 1 rings (SSSR count). The lowest BCUT2D eigenvalue weighted by molar-refractivity contribution is 0.0980. The number of rotatable bonds is 4. The van der Waals surface area contributed by atoms with Gasteiger partial charge in [0.2, 0.25) is 0 Å². The number of hydrogen-bond donors (Lipinski definition) is 0. The zero-order chi connectivity index (χ0) is 8.97. The number of aromatic nitrogens is 2. The molecule has 4 heteroatoms. The molecule has 0 fully saturated rings. The Kier molecular flexibility index (Phi) is 3.34. The summed E-state index contributed by atoms with van der Waals surface area (Å²) in [4.78, 5) is 11.4. The molecule has 66 valence electrons. The second kappa shape index (κ2) is 4.30. The van der Waals surface area contributed by atoms with Gasteiger partial charge in [-0.2, -0.15) is 16.9 Å². The molecule has 1 heterocycles. The molecule has 12 heavy (non-hydrogen) atoms. The highest BCUT2D eigenvalue weighted by atomic mass is 32.2. The van der Waals surface area contributed by atoms with Crippen molar-refractivity contribution in [1.82, 2.24) is 9.78 Å². The number of aryl methyl sites for hydroxylation is 1. The van der Waals surface area contributed by atoms with Gasteiger partial charge in [0, 0.05) is 25.4 Å². The van der Waals surface area contributed by atoms with Crippen LogP contribution in [0.4, 0.5) is 0 Å². The maximum atomic E-state index is 11.4. The van der Waals surface area contributed by atoms with Crippen molar-refractivity contribution >= 4 is 17.5 Å². The van der Waals surface area contributed by atoms with Gasteiger partial charge in [0.1, 0.15) is 5.69 Å². The Morgan fingerprint density at radius 2 is 2.50 bits per heavy atom. The molecule has 0 aromatic carbocycles. The second-order valence-corrected chi connectivity index (χ2v) is 3.49. The Balaban J connectivity index is 2.59. The fraction of sp³-hybridized carbons (Fsp3) is 0.500. The first-order chi connectivity index (χ1) is 5.75. The quantitative estimate of drug-likeness (QED) is 0.663. The summed E-state index contributed by atoms with van der Waals surface area (Å²) in [7, 11) is 1.78. The minimum absolute atomic E-state index is 0.171. The number of thioether (sulfide) groups is 1. The number of carbonyl (C=O) groups is 1. The molecule has 0 N–H and O–H groups in total. The van der Waals surface area contributed by atoms with E-state index in [1.807, 2.05) is 6.26 Å². The van der Waals surface area contributed by atoms with Crippen molar-refractivity contribution in [3.05, 3.63) is 18.0 Å². The maximum Gasteiger partial charge on any atom is 0.181 e. The standard InChI is InChI=1S/C8H12N2OS/c1-10-7(3-5-9-10)8(11)4-6-12-2/h3,5H,4,6H2,1-2H3. The van der Waals surface area contributed by atoms with E-state index in [-0.39, 0.29) is 5.78 Å². The minimum atomic E-state index is 0.171. The lowest BCUT2D eigenvalue weighted by atomic mass is 10.2. The molecule has 0 atom stereocenters. The van der Waals surface area contributed by atoms with Gasteiger partial charge in [-0.25, -0.2) is 0 Å². The van der Waals surface area contributed by atoms with Crippen LogP contribution < -0.4 is 0 Å². The van der Waals surface area contributed by atoms with E-state index in [0.717, 1.165) is 5.75 Å². The smallest absolute Gasteiger partial charge is 0.181 e. The van der Waals surface area contributed by atoms with Gasteiger partial charge in [-0.05, 0) is 12.3 Å². The van der Waals surface area contributed by atoms with E-state index in [4.69, 9.17) is 0 Å². The average molecular weight is 184 g/mol. The fourth-order valence-corrected chi connectivity index (χ4v) is 1.36. The highest BCUT2D eigenvalue weighted by molar-refractivity contribution is 7.98. The number of nitrogens with zero attached hydrogens (tertiary/aromatic N) is 2. The van der Waals surface area contributed by atoms with Gasteiger partial charge in [-0.15, -0.1) is 0 Å². The van der Waals surface area contributed by atoms with Crippen LogP contribution in [0.25, 0.3) is 0 Å². The van der Waals surface area contributed by atoms with Crippen LogP contribution in [0.15, 0.2) is 12.3 Å². The monoisotopic (exact) mass is 184 g/mol. The van der Waals surface area contributed by atoms with E-state index in [2.05, 4.69) is 5.10 Å². The molecule has 0 radical (unpaired) electrons. The van der Waals surface area contributed by atoms with Gasteiger partial charge >= 0.3 is 0 Å². The highest BCUT2D eigenvalue weighted by Crippen LogP contribution is 2.04. The first kappa shape index (κ1) is 9.32. The van der Waals surface area contributed by atoms with Crippen molar-refractivity contribution in [2.24, 2.45) is 7.05 Å². The van der Waals surface area contributed by atoms with E-state index in [1.165, 1.54) is 0 Å². The molecule has 0 aliphatic heterocycles. The van der Waals surface area contributed by atoms with Crippen LogP contribution in [0.2, 0.25) is 0 Å². The molecular weight excluding hydrogens is 172 g/mol. The lowest BCUT2D eigenvalue weighted by Crippen LogP contribution is -2.07. The normalized spacial score (nSPS) is 10.2. The summed E-state index contributed by atoms with van der Waals surface area (Å²) in [5.74, 6) is 1.05. The Morgan fingerprint density at radius 3 is 3.00 bits per heavy atom. The van der Waals surface area contributed by atoms with E-state index < -0.39 is 0 Å². The Hall–Kier alpha value is -0.770. The molecular formula is C8H12N2OS. The van der Waals surface area contributed by atoms with Gasteiger partial charge < -0.3 is 0 Å². The topological polar surface area (TPSA) is 34.9 Å². The third kappa shape index (κ3) is 2.11. The molecule has 1 aromatic heterocycles. The molecule has 1 aromatic rings. The van der Waals surface area contributed by atoms with Crippen LogP contribution in [-0.2, 0) is 7.05 Å². The van der Waals surface area contributed by atoms with Crippen molar-refractivity contribution in [2.45, 2.75) is 6.42 Å². The summed E-state index contributed by atoms with van der Waals surface area (Å²) in [6.07, 6.45) is 4.24. The number of Topliss-reactive ketones (excluding diaryl/α,β-unsaturated/α-hetero) is 1. The van der Waals surface area contributed by atoms with Crippen LogP contribution >= 0.6 is 11.8 Å². The molecule has 0 aliphatic carbocycles. The Morgan fingerprint density at radius 1 is 1.75 bits per heavy atom. The third-order valence-corrected chi connectivity index (χ3v) is 2.25. The second-order valence-electron chi connectivity index (χ2n) is 2.51. The summed E-state index contributed by atoms with van der Waals surface area (Å²) < 4.78 is 1.61. The first-order valence-corrected chi connectivity index (χ1v) is 5.15. The molecule has 0 spiro atoms. The van der Waals surface area contributed by atoms with Crippen LogP contribution in [0.1, 0.15) is 16.9 Å². The Bertz CT molecular complexity index is 270. The maximum absolute atomic E-state index is 11.4. The van der Waals surface area contributed by atoms with Crippen LogP contribution in [0, 0.1) is 0 Å².